The minimum atomic E-state index is -2.07. The van der Waals surface area contributed by atoms with Crippen molar-refractivity contribution in [3.8, 4) is 0 Å². The van der Waals surface area contributed by atoms with Crippen molar-refractivity contribution in [2.45, 2.75) is 51.6 Å². The molecule has 0 fully saturated rings. The Balaban J connectivity index is 3.12. The van der Waals surface area contributed by atoms with Crippen LogP contribution in [0, 0.1) is 11.8 Å². The molecule has 1 heterocycles. The van der Waals surface area contributed by atoms with Gasteiger partial charge in [-0.05, 0) is 18.1 Å². The largest absolute Gasteiger partial charge is 0.472 e. The molecule has 3 atom stereocenters. The Hall–Kier alpha value is -1.40. The van der Waals surface area contributed by atoms with E-state index in [9.17, 15) is 9.59 Å². The van der Waals surface area contributed by atoms with Gasteiger partial charge in [-0.25, -0.2) is 4.79 Å². The minimum absolute atomic E-state index is 0.0224. The van der Waals surface area contributed by atoms with E-state index in [4.69, 9.17) is 13.9 Å². The second-order valence-electron chi connectivity index (χ2n) is 7.27. The van der Waals surface area contributed by atoms with E-state index in [0.717, 1.165) is 6.29 Å². The number of aldehydes is 1. The van der Waals surface area contributed by atoms with Crippen molar-refractivity contribution in [2.75, 3.05) is 7.11 Å². The van der Waals surface area contributed by atoms with Gasteiger partial charge in [-0.15, -0.1) is 6.58 Å². The first-order valence-electron chi connectivity index (χ1n) is 7.77. The highest BCUT2D eigenvalue weighted by Crippen LogP contribution is 2.41. The van der Waals surface area contributed by atoms with Crippen molar-refractivity contribution in [3.63, 3.8) is 0 Å². The van der Waals surface area contributed by atoms with Gasteiger partial charge in [-0.2, -0.15) is 0 Å². The number of carbonyl (C=O) groups is 2. The van der Waals surface area contributed by atoms with E-state index in [1.807, 2.05) is 0 Å². The zero-order valence-electron chi connectivity index (χ0n) is 14.9. The quantitative estimate of drug-likeness (QED) is 0.321. The number of rotatable bonds is 6. The Morgan fingerprint density at radius 1 is 1.43 bits per heavy atom. The van der Waals surface area contributed by atoms with Crippen LogP contribution in [-0.2, 0) is 23.5 Å². The van der Waals surface area contributed by atoms with Gasteiger partial charge in [0.2, 0.25) is 0 Å². The van der Waals surface area contributed by atoms with Crippen LogP contribution >= 0.6 is 0 Å². The van der Waals surface area contributed by atoms with Crippen molar-refractivity contribution in [2.24, 2.45) is 11.8 Å². The minimum Gasteiger partial charge on any atom is -0.472 e. The van der Waals surface area contributed by atoms with Gasteiger partial charge in [0.25, 0.3) is 0 Å². The summed E-state index contributed by atoms with van der Waals surface area (Å²) in [7, 11) is -0.759. The fourth-order valence-electron chi connectivity index (χ4n) is 2.27. The van der Waals surface area contributed by atoms with E-state index in [1.54, 1.807) is 6.08 Å². The monoisotopic (exact) mass is 340 g/mol. The van der Waals surface area contributed by atoms with Crippen molar-refractivity contribution in [1.29, 1.82) is 0 Å². The SMILES string of the molecule is C=C[C@H]1[C@H](O[Si](C)(C)C(C)(C)C)OC=C(C(=O)OC)[C@H]1CC=O. The molecule has 6 heteroatoms. The van der Waals surface area contributed by atoms with E-state index in [1.165, 1.54) is 13.4 Å². The summed E-state index contributed by atoms with van der Waals surface area (Å²) in [5.41, 5.74) is 0.347. The molecule has 0 amide bonds. The molecule has 5 nitrogen and oxygen atoms in total. The summed E-state index contributed by atoms with van der Waals surface area (Å²) in [4.78, 5) is 23.0. The van der Waals surface area contributed by atoms with Crippen molar-refractivity contribution in [3.05, 3.63) is 24.5 Å². The summed E-state index contributed by atoms with van der Waals surface area (Å²) in [6.45, 7) is 14.5. The summed E-state index contributed by atoms with van der Waals surface area (Å²) in [6.07, 6.45) is 3.51. The molecule has 0 radical (unpaired) electrons. The smallest absolute Gasteiger partial charge is 0.337 e. The maximum Gasteiger partial charge on any atom is 0.337 e. The van der Waals surface area contributed by atoms with Gasteiger partial charge >= 0.3 is 5.97 Å². The van der Waals surface area contributed by atoms with Crippen LogP contribution < -0.4 is 0 Å². The highest BCUT2D eigenvalue weighted by Gasteiger charge is 2.45. The molecule has 1 aliphatic rings. The van der Waals surface area contributed by atoms with Crippen LogP contribution in [0.2, 0.25) is 18.1 Å². The van der Waals surface area contributed by atoms with Crippen LogP contribution in [0.25, 0.3) is 0 Å². The topological polar surface area (TPSA) is 61.8 Å². The summed E-state index contributed by atoms with van der Waals surface area (Å²) in [5.74, 6) is -1.12. The summed E-state index contributed by atoms with van der Waals surface area (Å²) in [6, 6.07) is 0. The standard InChI is InChI=1S/C17H28O5Si/c1-8-12-13(9-10-18)14(15(19)20-5)11-21-16(12)22-23(6,7)17(2,3)4/h8,10-13,16H,1,9H2,2-7H3/t12-,13+,16+/m1/s1. The lowest BCUT2D eigenvalue weighted by Gasteiger charge is -2.43. The summed E-state index contributed by atoms with van der Waals surface area (Å²) < 4.78 is 16.8. The Labute approximate surface area is 139 Å². The van der Waals surface area contributed by atoms with E-state index >= 15 is 0 Å². The maximum atomic E-state index is 11.9. The van der Waals surface area contributed by atoms with Gasteiger partial charge in [0, 0.05) is 18.3 Å². The molecule has 0 bridgehead atoms. The van der Waals surface area contributed by atoms with E-state index < -0.39 is 20.6 Å². The van der Waals surface area contributed by atoms with E-state index in [2.05, 4.69) is 40.4 Å². The molecule has 0 unspecified atom stereocenters. The van der Waals surface area contributed by atoms with Crippen LogP contribution in [0.5, 0.6) is 0 Å². The molecule has 0 saturated heterocycles. The zero-order chi connectivity index (χ0) is 17.8. The first-order valence-corrected chi connectivity index (χ1v) is 10.7. The third-order valence-electron chi connectivity index (χ3n) is 4.77. The van der Waals surface area contributed by atoms with Crippen LogP contribution in [0.3, 0.4) is 0 Å². The predicted molar refractivity (Wildman–Crippen MR) is 91.1 cm³/mol. The first kappa shape index (κ1) is 19.6. The second kappa shape index (κ2) is 7.44. The molecular weight excluding hydrogens is 312 g/mol. The Morgan fingerprint density at radius 2 is 2.04 bits per heavy atom. The van der Waals surface area contributed by atoms with E-state index in [-0.39, 0.29) is 23.3 Å². The van der Waals surface area contributed by atoms with Crippen molar-refractivity contribution >= 4 is 20.6 Å². The molecule has 0 saturated carbocycles. The summed E-state index contributed by atoms with van der Waals surface area (Å²) in [5, 5.41) is 0.0224. The Kier molecular flexibility index (Phi) is 6.36. The molecule has 130 valence electrons. The first-order chi connectivity index (χ1) is 10.6. The van der Waals surface area contributed by atoms with Crippen LogP contribution in [0.1, 0.15) is 27.2 Å². The van der Waals surface area contributed by atoms with Gasteiger partial charge in [0.05, 0.1) is 18.9 Å². The Bertz CT molecular complexity index is 490. The molecule has 0 N–H and O–H groups in total. The average Bonchev–Trinajstić information content (AvgIpc) is 2.45. The third kappa shape index (κ3) is 4.32. The van der Waals surface area contributed by atoms with Gasteiger partial charge in [-0.3, -0.25) is 0 Å². The number of hydrogen-bond acceptors (Lipinski definition) is 5. The molecular formula is C17H28O5Si. The number of ether oxygens (including phenoxy) is 2. The fraction of sp³-hybridized carbons (Fsp3) is 0.647. The number of carbonyl (C=O) groups excluding carboxylic acids is 2. The van der Waals surface area contributed by atoms with E-state index in [0.29, 0.717) is 5.57 Å². The third-order valence-corrected chi connectivity index (χ3v) is 9.20. The highest BCUT2D eigenvalue weighted by molar-refractivity contribution is 6.74. The highest BCUT2D eigenvalue weighted by atomic mass is 28.4. The molecule has 1 rings (SSSR count). The number of methoxy groups -OCH3 is 1. The molecule has 0 aliphatic carbocycles. The lowest BCUT2D eigenvalue weighted by Crippen LogP contribution is -2.48. The van der Waals surface area contributed by atoms with Crippen LogP contribution in [-0.4, -0.2) is 34.0 Å². The predicted octanol–water partition coefficient (Wildman–Crippen LogP) is 3.43. The number of esters is 1. The molecule has 23 heavy (non-hydrogen) atoms. The lowest BCUT2D eigenvalue weighted by atomic mass is 9.82. The second-order valence-corrected chi connectivity index (χ2v) is 12.0. The molecule has 1 aliphatic heterocycles. The summed E-state index contributed by atoms with van der Waals surface area (Å²) >= 11 is 0. The molecule has 0 aromatic heterocycles. The molecule has 0 aromatic carbocycles. The lowest BCUT2D eigenvalue weighted by molar-refractivity contribution is -0.140. The normalized spacial score (nSPS) is 25.1. The van der Waals surface area contributed by atoms with Crippen LogP contribution in [0.15, 0.2) is 24.5 Å². The number of hydrogen-bond donors (Lipinski definition) is 0. The van der Waals surface area contributed by atoms with Crippen LogP contribution in [0.4, 0.5) is 0 Å². The fourth-order valence-corrected chi connectivity index (χ4v) is 3.42. The average molecular weight is 340 g/mol. The maximum absolute atomic E-state index is 11.9. The van der Waals surface area contributed by atoms with Crippen molar-refractivity contribution in [1.82, 2.24) is 0 Å². The van der Waals surface area contributed by atoms with Gasteiger partial charge in [0.1, 0.15) is 6.29 Å². The Morgan fingerprint density at radius 3 is 2.48 bits per heavy atom. The molecule has 0 spiro atoms. The van der Waals surface area contributed by atoms with Gasteiger partial charge in [-0.1, -0.05) is 26.8 Å². The van der Waals surface area contributed by atoms with Gasteiger partial charge < -0.3 is 18.7 Å². The zero-order valence-corrected chi connectivity index (χ0v) is 15.9. The molecule has 0 aromatic rings. The van der Waals surface area contributed by atoms with Gasteiger partial charge in [0.15, 0.2) is 14.6 Å². The van der Waals surface area contributed by atoms with Crippen molar-refractivity contribution < 1.29 is 23.5 Å².